The standard InChI is InChI=1S/C11H15ClO2/c1-7-8(2)11(14-3)5-4-9(7)10(13)6-12/h4-5,10,13H,6H2,1-3H3. The molecule has 0 saturated heterocycles. The van der Waals surface area contributed by atoms with Gasteiger partial charge in [-0.25, -0.2) is 0 Å². The molecule has 0 amide bonds. The van der Waals surface area contributed by atoms with Crippen molar-refractivity contribution in [3.63, 3.8) is 0 Å². The Balaban J connectivity index is 3.17. The van der Waals surface area contributed by atoms with Crippen LogP contribution in [0.15, 0.2) is 12.1 Å². The van der Waals surface area contributed by atoms with Gasteiger partial charge in [0, 0.05) is 0 Å². The second-order valence-electron chi connectivity index (χ2n) is 3.28. The summed E-state index contributed by atoms with van der Waals surface area (Å²) >= 11 is 5.60. The molecule has 1 N–H and O–H groups in total. The van der Waals surface area contributed by atoms with Crippen LogP contribution in [-0.2, 0) is 0 Å². The molecule has 3 heteroatoms. The Morgan fingerprint density at radius 3 is 2.50 bits per heavy atom. The molecular weight excluding hydrogens is 200 g/mol. The fourth-order valence-corrected chi connectivity index (χ4v) is 1.65. The molecule has 78 valence electrons. The lowest BCUT2D eigenvalue weighted by atomic mass is 9.99. The van der Waals surface area contributed by atoms with Crippen LogP contribution in [0, 0.1) is 13.8 Å². The first-order valence-corrected chi connectivity index (χ1v) is 5.03. The van der Waals surface area contributed by atoms with Crippen LogP contribution in [0.2, 0.25) is 0 Å². The highest BCUT2D eigenvalue weighted by atomic mass is 35.5. The molecule has 0 saturated carbocycles. The lowest BCUT2D eigenvalue weighted by Crippen LogP contribution is -2.03. The number of alkyl halides is 1. The van der Waals surface area contributed by atoms with Gasteiger partial charge in [0.2, 0.25) is 0 Å². The first-order chi connectivity index (χ1) is 6.61. The van der Waals surface area contributed by atoms with Crippen molar-refractivity contribution in [1.29, 1.82) is 0 Å². The highest BCUT2D eigenvalue weighted by Gasteiger charge is 2.12. The van der Waals surface area contributed by atoms with Crippen LogP contribution in [0.5, 0.6) is 5.75 Å². The summed E-state index contributed by atoms with van der Waals surface area (Å²) in [5.41, 5.74) is 2.96. The summed E-state index contributed by atoms with van der Waals surface area (Å²) < 4.78 is 5.18. The fraction of sp³-hybridized carbons (Fsp3) is 0.455. The number of rotatable bonds is 3. The predicted molar refractivity (Wildman–Crippen MR) is 58.1 cm³/mol. The molecule has 2 nitrogen and oxygen atoms in total. The van der Waals surface area contributed by atoms with Gasteiger partial charge >= 0.3 is 0 Å². The number of halogens is 1. The third-order valence-electron chi connectivity index (χ3n) is 2.50. The average molecular weight is 215 g/mol. The van der Waals surface area contributed by atoms with Crippen molar-refractivity contribution in [3.05, 3.63) is 28.8 Å². The zero-order chi connectivity index (χ0) is 10.7. The van der Waals surface area contributed by atoms with E-state index in [0.29, 0.717) is 0 Å². The van der Waals surface area contributed by atoms with Gasteiger partial charge < -0.3 is 9.84 Å². The van der Waals surface area contributed by atoms with Gasteiger partial charge in [-0.05, 0) is 36.6 Å². The molecule has 1 rings (SSSR count). The minimum Gasteiger partial charge on any atom is -0.496 e. The zero-order valence-corrected chi connectivity index (χ0v) is 9.43. The van der Waals surface area contributed by atoms with Crippen LogP contribution < -0.4 is 4.74 Å². The highest BCUT2D eigenvalue weighted by molar-refractivity contribution is 6.18. The highest BCUT2D eigenvalue weighted by Crippen LogP contribution is 2.27. The Morgan fingerprint density at radius 1 is 1.36 bits per heavy atom. The predicted octanol–water partition coefficient (Wildman–Crippen LogP) is 2.58. The van der Waals surface area contributed by atoms with Gasteiger partial charge in [0.05, 0.1) is 19.1 Å². The maximum Gasteiger partial charge on any atom is 0.122 e. The second-order valence-corrected chi connectivity index (χ2v) is 3.59. The van der Waals surface area contributed by atoms with Gasteiger partial charge in [-0.1, -0.05) is 6.07 Å². The number of hydrogen-bond acceptors (Lipinski definition) is 2. The molecule has 0 aromatic heterocycles. The maximum absolute atomic E-state index is 9.63. The number of aliphatic hydroxyl groups is 1. The minimum atomic E-state index is -0.596. The summed E-state index contributed by atoms with van der Waals surface area (Å²) in [5.74, 6) is 1.06. The molecule has 1 aromatic rings. The lowest BCUT2D eigenvalue weighted by molar-refractivity contribution is 0.201. The summed E-state index contributed by atoms with van der Waals surface area (Å²) in [6, 6.07) is 3.71. The van der Waals surface area contributed by atoms with Gasteiger partial charge in [0.25, 0.3) is 0 Å². The molecule has 0 fully saturated rings. The summed E-state index contributed by atoms with van der Waals surface area (Å²) in [5, 5.41) is 9.63. The maximum atomic E-state index is 9.63. The van der Waals surface area contributed by atoms with Crippen LogP contribution in [0.1, 0.15) is 22.8 Å². The van der Waals surface area contributed by atoms with E-state index in [1.54, 1.807) is 7.11 Å². The third kappa shape index (κ3) is 2.02. The summed E-state index contributed by atoms with van der Waals surface area (Å²) in [4.78, 5) is 0. The minimum absolute atomic E-state index is 0.215. The first-order valence-electron chi connectivity index (χ1n) is 4.50. The van der Waals surface area contributed by atoms with Crippen LogP contribution >= 0.6 is 11.6 Å². The van der Waals surface area contributed by atoms with Crippen LogP contribution in [-0.4, -0.2) is 18.1 Å². The van der Waals surface area contributed by atoms with Crippen molar-refractivity contribution in [2.75, 3.05) is 13.0 Å². The smallest absolute Gasteiger partial charge is 0.122 e. The number of aliphatic hydroxyl groups excluding tert-OH is 1. The van der Waals surface area contributed by atoms with E-state index in [4.69, 9.17) is 16.3 Å². The topological polar surface area (TPSA) is 29.5 Å². The molecule has 0 heterocycles. The normalized spacial score (nSPS) is 12.6. The summed E-state index contributed by atoms with van der Waals surface area (Å²) in [6.45, 7) is 3.93. The Labute approximate surface area is 89.5 Å². The largest absolute Gasteiger partial charge is 0.496 e. The third-order valence-corrected chi connectivity index (χ3v) is 2.80. The van der Waals surface area contributed by atoms with E-state index in [9.17, 15) is 5.11 Å². The van der Waals surface area contributed by atoms with Crippen molar-refractivity contribution < 1.29 is 9.84 Å². The Hall–Kier alpha value is -0.730. The van der Waals surface area contributed by atoms with Crippen molar-refractivity contribution in [2.45, 2.75) is 20.0 Å². The van der Waals surface area contributed by atoms with Crippen LogP contribution in [0.4, 0.5) is 0 Å². The Kier molecular flexibility index (Phi) is 3.78. The van der Waals surface area contributed by atoms with Gasteiger partial charge in [-0.2, -0.15) is 0 Å². The van der Waals surface area contributed by atoms with Crippen molar-refractivity contribution in [2.24, 2.45) is 0 Å². The molecule has 0 spiro atoms. The molecular formula is C11H15ClO2. The number of hydrogen-bond donors (Lipinski definition) is 1. The molecule has 1 unspecified atom stereocenters. The van der Waals surface area contributed by atoms with Gasteiger partial charge in [-0.15, -0.1) is 11.6 Å². The van der Waals surface area contributed by atoms with Gasteiger partial charge in [0.1, 0.15) is 5.75 Å². The first kappa shape index (κ1) is 11.3. The molecule has 1 atom stereocenters. The molecule has 0 bridgehead atoms. The van der Waals surface area contributed by atoms with Crippen molar-refractivity contribution >= 4 is 11.6 Å². The molecule has 0 aliphatic heterocycles. The number of benzene rings is 1. The Morgan fingerprint density at radius 2 is 2.00 bits per heavy atom. The lowest BCUT2D eigenvalue weighted by Gasteiger charge is -2.15. The summed E-state index contributed by atoms with van der Waals surface area (Å²) in [7, 11) is 1.64. The molecule has 1 aromatic carbocycles. The van der Waals surface area contributed by atoms with Gasteiger partial charge in [-0.3, -0.25) is 0 Å². The van der Waals surface area contributed by atoms with Gasteiger partial charge in [0.15, 0.2) is 0 Å². The number of methoxy groups -OCH3 is 1. The molecule has 0 aliphatic carbocycles. The van der Waals surface area contributed by atoms with E-state index >= 15 is 0 Å². The van der Waals surface area contributed by atoms with E-state index in [1.807, 2.05) is 26.0 Å². The SMILES string of the molecule is COc1ccc(C(O)CCl)c(C)c1C. The van der Waals surface area contributed by atoms with Crippen LogP contribution in [0.3, 0.4) is 0 Å². The van der Waals surface area contributed by atoms with E-state index in [-0.39, 0.29) is 5.88 Å². The van der Waals surface area contributed by atoms with E-state index in [0.717, 1.165) is 22.4 Å². The molecule has 14 heavy (non-hydrogen) atoms. The van der Waals surface area contributed by atoms with Crippen LogP contribution in [0.25, 0.3) is 0 Å². The number of ether oxygens (including phenoxy) is 1. The monoisotopic (exact) mass is 214 g/mol. The van der Waals surface area contributed by atoms with Crippen molar-refractivity contribution in [3.8, 4) is 5.75 Å². The molecule has 0 radical (unpaired) electrons. The zero-order valence-electron chi connectivity index (χ0n) is 8.67. The Bertz CT molecular complexity index is 323. The quantitative estimate of drug-likeness (QED) is 0.784. The van der Waals surface area contributed by atoms with E-state index in [1.165, 1.54) is 0 Å². The summed E-state index contributed by atoms with van der Waals surface area (Å²) in [6.07, 6.45) is -0.596. The fourth-order valence-electron chi connectivity index (χ4n) is 1.48. The second kappa shape index (κ2) is 4.67. The van der Waals surface area contributed by atoms with Crippen molar-refractivity contribution in [1.82, 2.24) is 0 Å². The van der Waals surface area contributed by atoms with E-state index < -0.39 is 6.10 Å². The average Bonchev–Trinajstić information content (AvgIpc) is 2.21. The molecule has 0 aliphatic rings. The van der Waals surface area contributed by atoms with E-state index in [2.05, 4.69) is 0 Å².